The quantitative estimate of drug-likeness (QED) is 0.793. The fraction of sp³-hybridized carbons (Fsp3) is 0.462. The summed E-state index contributed by atoms with van der Waals surface area (Å²) in [6, 6.07) is 2.91. The van der Waals surface area contributed by atoms with Gasteiger partial charge in [-0.1, -0.05) is 20.3 Å². The molecule has 20 heavy (non-hydrogen) atoms. The predicted octanol–water partition coefficient (Wildman–Crippen LogP) is 3.46. The zero-order chi connectivity index (χ0) is 15.5. The van der Waals surface area contributed by atoms with Gasteiger partial charge >= 0.3 is 0 Å². The second-order valence-corrected chi connectivity index (χ2v) is 8.09. The number of carbonyl (C=O) groups is 1. The molecule has 0 saturated carbocycles. The van der Waals surface area contributed by atoms with E-state index in [0.717, 1.165) is 6.42 Å². The largest absolute Gasteiger partial charge is 0.352 e. The zero-order valence-electron chi connectivity index (χ0n) is 11.5. The third-order valence-electron chi connectivity index (χ3n) is 3.05. The Morgan fingerprint density at radius 3 is 2.55 bits per heavy atom. The van der Waals surface area contributed by atoms with Crippen LogP contribution in [-0.4, -0.2) is 20.9 Å². The van der Waals surface area contributed by atoms with Crippen LogP contribution in [0.25, 0.3) is 0 Å². The van der Waals surface area contributed by atoms with Gasteiger partial charge in [-0.05, 0) is 46.5 Å². The number of carbonyl (C=O) groups excluding carboxylic acids is 1. The van der Waals surface area contributed by atoms with Crippen LogP contribution in [0.1, 0.15) is 36.2 Å². The Labute approximate surface area is 132 Å². The lowest BCUT2D eigenvalue weighted by Gasteiger charge is -2.12. The zero-order valence-corrected chi connectivity index (χ0v) is 14.7. The van der Waals surface area contributed by atoms with E-state index >= 15 is 0 Å². The van der Waals surface area contributed by atoms with Gasteiger partial charge in [0, 0.05) is 27.3 Å². The third kappa shape index (κ3) is 4.46. The van der Waals surface area contributed by atoms with Crippen LogP contribution in [0.15, 0.2) is 21.5 Å². The molecular formula is C13H17BrClNO3S. The molecule has 0 radical (unpaired) electrons. The Morgan fingerprint density at radius 2 is 2.05 bits per heavy atom. The summed E-state index contributed by atoms with van der Waals surface area (Å²) in [6.45, 7) is 6.33. The number of hydrogen-bond acceptors (Lipinski definition) is 3. The van der Waals surface area contributed by atoms with Crippen LogP contribution in [0.4, 0.5) is 0 Å². The smallest absolute Gasteiger partial charge is 0.262 e. The first kappa shape index (κ1) is 17.5. The maximum absolute atomic E-state index is 12.0. The van der Waals surface area contributed by atoms with E-state index in [1.54, 1.807) is 13.0 Å². The fourth-order valence-electron chi connectivity index (χ4n) is 1.56. The second kappa shape index (κ2) is 6.91. The van der Waals surface area contributed by atoms with Crippen molar-refractivity contribution in [3.63, 3.8) is 0 Å². The summed E-state index contributed by atoms with van der Waals surface area (Å²) in [4.78, 5) is 12.0. The molecule has 7 heteroatoms. The van der Waals surface area contributed by atoms with Crippen molar-refractivity contribution in [3.05, 3.63) is 27.7 Å². The fourth-order valence-corrected chi connectivity index (χ4v) is 3.71. The van der Waals surface area contributed by atoms with Gasteiger partial charge < -0.3 is 5.32 Å². The minimum Gasteiger partial charge on any atom is -0.352 e. The molecule has 0 spiro atoms. The first-order valence-electron chi connectivity index (χ1n) is 6.19. The van der Waals surface area contributed by atoms with Crippen LogP contribution in [-0.2, 0) is 9.05 Å². The molecule has 0 fully saturated rings. The Bertz CT molecular complexity index is 616. The maximum Gasteiger partial charge on any atom is 0.262 e. The first-order chi connectivity index (χ1) is 9.16. The molecular weight excluding hydrogens is 366 g/mol. The molecule has 0 aliphatic carbocycles. The van der Waals surface area contributed by atoms with Gasteiger partial charge in [0.15, 0.2) is 0 Å². The molecule has 1 N–H and O–H groups in total. The van der Waals surface area contributed by atoms with Crippen LogP contribution < -0.4 is 5.32 Å². The van der Waals surface area contributed by atoms with E-state index in [9.17, 15) is 13.2 Å². The summed E-state index contributed by atoms with van der Waals surface area (Å²) >= 11 is 3.18. The highest BCUT2D eigenvalue weighted by atomic mass is 79.9. The van der Waals surface area contributed by atoms with Crippen LogP contribution in [0, 0.1) is 12.8 Å². The van der Waals surface area contributed by atoms with Crippen molar-refractivity contribution in [2.24, 2.45) is 5.92 Å². The normalized spacial score (nSPS) is 13.1. The lowest BCUT2D eigenvalue weighted by atomic mass is 10.1. The standard InChI is InChI=1S/C13H17BrClNO3S/c1-4-8(2)7-16-13(17)10-5-9(3)12(14)11(6-10)20(15,18)19/h5-6,8H,4,7H2,1-3H3,(H,16,17). The van der Waals surface area contributed by atoms with E-state index in [0.29, 0.717) is 22.5 Å². The minimum atomic E-state index is -3.90. The summed E-state index contributed by atoms with van der Waals surface area (Å²) in [5, 5.41) is 2.78. The molecule has 0 saturated heterocycles. The number of halogens is 2. The van der Waals surface area contributed by atoms with Crippen molar-refractivity contribution < 1.29 is 13.2 Å². The average Bonchev–Trinajstić information content (AvgIpc) is 2.36. The van der Waals surface area contributed by atoms with Crippen molar-refractivity contribution in [2.75, 3.05) is 6.54 Å². The van der Waals surface area contributed by atoms with Crippen molar-refractivity contribution in [1.29, 1.82) is 0 Å². The molecule has 1 rings (SSSR count). The van der Waals surface area contributed by atoms with E-state index in [1.807, 2.05) is 13.8 Å². The Morgan fingerprint density at radius 1 is 1.45 bits per heavy atom. The van der Waals surface area contributed by atoms with Crippen LogP contribution >= 0.6 is 26.6 Å². The Balaban J connectivity index is 3.09. The van der Waals surface area contributed by atoms with Gasteiger partial charge in [-0.2, -0.15) is 0 Å². The second-order valence-electron chi connectivity index (χ2n) is 4.77. The number of nitrogens with one attached hydrogen (secondary N) is 1. The maximum atomic E-state index is 12.0. The van der Waals surface area contributed by atoms with Gasteiger partial charge in [0.2, 0.25) is 0 Å². The van der Waals surface area contributed by atoms with Crippen LogP contribution in [0.5, 0.6) is 0 Å². The van der Waals surface area contributed by atoms with Crippen molar-refractivity contribution >= 4 is 41.6 Å². The molecule has 1 unspecified atom stereocenters. The molecule has 1 aromatic carbocycles. The summed E-state index contributed by atoms with van der Waals surface area (Å²) in [5.41, 5.74) is 0.925. The van der Waals surface area contributed by atoms with Gasteiger partial charge in [-0.25, -0.2) is 8.42 Å². The Hall–Kier alpha value is -0.590. The molecule has 0 aliphatic rings. The molecule has 112 valence electrons. The summed E-state index contributed by atoms with van der Waals surface area (Å²) < 4.78 is 23.4. The molecule has 0 bridgehead atoms. The van der Waals surface area contributed by atoms with Crippen molar-refractivity contribution in [3.8, 4) is 0 Å². The van der Waals surface area contributed by atoms with Gasteiger partial charge in [-0.15, -0.1) is 0 Å². The molecule has 1 amide bonds. The van der Waals surface area contributed by atoms with E-state index in [4.69, 9.17) is 10.7 Å². The van der Waals surface area contributed by atoms with E-state index < -0.39 is 9.05 Å². The van der Waals surface area contributed by atoms with Crippen LogP contribution in [0.2, 0.25) is 0 Å². The van der Waals surface area contributed by atoms with E-state index in [1.165, 1.54) is 6.07 Å². The van der Waals surface area contributed by atoms with Crippen LogP contribution in [0.3, 0.4) is 0 Å². The average molecular weight is 383 g/mol. The molecule has 1 aromatic rings. The molecule has 1 atom stereocenters. The van der Waals surface area contributed by atoms with E-state index in [-0.39, 0.29) is 16.4 Å². The minimum absolute atomic E-state index is 0.0899. The summed E-state index contributed by atoms with van der Waals surface area (Å²) in [7, 11) is 1.47. The number of aryl methyl sites for hydroxylation is 1. The SMILES string of the molecule is CCC(C)CNC(=O)c1cc(C)c(Br)c(S(=O)(=O)Cl)c1. The van der Waals surface area contributed by atoms with Crippen molar-refractivity contribution in [1.82, 2.24) is 5.32 Å². The number of amides is 1. The third-order valence-corrected chi connectivity index (χ3v) is 5.72. The number of rotatable bonds is 5. The first-order valence-corrected chi connectivity index (χ1v) is 9.30. The summed E-state index contributed by atoms with van der Waals surface area (Å²) in [6.07, 6.45) is 0.959. The topological polar surface area (TPSA) is 63.2 Å². The Kier molecular flexibility index (Phi) is 6.04. The highest BCUT2D eigenvalue weighted by Crippen LogP contribution is 2.29. The monoisotopic (exact) mass is 381 g/mol. The van der Waals surface area contributed by atoms with Gasteiger partial charge in [0.1, 0.15) is 0 Å². The highest BCUT2D eigenvalue weighted by molar-refractivity contribution is 9.10. The summed E-state index contributed by atoms with van der Waals surface area (Å²) in [5.74, 6) is 0.0641. The van der Waals surface area contributed by atoms with Gasteiger partial charge in [0.05, 0.1) is 4.90 Å². The lowest BCUT2D eigenvalue weighted by molar-refractivity contribution is 0.0947. The molecule has 0 aliphatic heterocycles. The molecule has 0 heterocycles. The lowest BCUT2D eigenvalue weighted by Crippen LogP contribution is -2.28. The molecule has 4 nitrogen and oxygen atoms in total. The van der Waals surface area contributed by atoms with Gasteiger partial charge in [0.25, 0.3) is 15.0 Å². The molecule has 0 aromatic heterocycles. The number of hydrogen-bond donors (Lipinski definition) is 1. The number of benzene rings is 1. The van der Waals surface area contributed by atoms with E-state index in [2.05, 4.69) is 21.2 Å². The highest BCUT2D eigenvalue weighted by Gasteiger charge is 2.19. The van der Waals surface area contributed by atoms with Gasteiger partial charge in [-0.3, -0.25) is 4.79 Å². The van der Waals surface area contributed by atoms with Crippen molar-refractivity contribution in [2.45, 2.75) is 32.1 Å². The predicted molar refractivity (Wildman–Crippen MR) is 83.7 cm³/mol.